The Kier molecular flexibility index (Phi) is 8.99. The molecule has 5 heteroatoms. The third-order valence-corrected chi connectivity index (χ3v) is 7.13. The summed E-state index contributed by atoms with van der Waals surface area (Å²) in [7, 11) is 0. The molecule has 2 unspecified atom stereocenters. The number of hydrogen-bond donors (Lipinski definition) is 4. The lowest BCUT2D eigenvalue weighted by molar-refractivity contribution is 0.0919. The second kappa shape index (κ2) is 12.1. The Hall–Kier alpha value is -3.25. The lowest BCUT2D eigenvalue weighted by Crippen LogP contribution is -2.41. The van der Waals surface area contributed by atoms with Crippen LogP contribution in [-0.4, -0.2) is 33.3 Å². The first-order chi connectivity index (χ1) is 18.8. The molecule has 0 bridgehead atoms. The Morgan fingerprint density at radius 3 is 1.82 bits per heavy atom. The monoisotopic (exact) mass is 540 g/mol. The number of aliphatic hydroxyl groups is 2. The fourth-order valence-electron chi connectivity index (χ4n) is 5.35. The van der Waals surface area contributed by atoms with Gasteiger partial charge in [0, 0.05) is 16.6 Å². The quantitative estimate of drug-likeness (QED) is 0.176. The molecule has 0 saturated heterocycles. The number of nitrogens with one attached hydrogen (secondary N) is 2. The molecule has 0 aliphatic carbocycles. The summed E-state index contributed by atoms with van der Waals surface area (Å²) in [5.74, 6) is -0.0880. The molecule has 4 aromatic rings. The van der Waals surface area contributed by atoms with Gasteiger partial charge in [-0.2, -0.15) is 0 Å². The van der Waals surface area contributed by atoms with Crippen molar-refractivity contribution < 1.29 is 15.0 Å². The van der Waals surface area contributed by atoms with Crippen molar-refractivity contribution in [1.29, 1.82) is 0 Å². The summed E-state index contributed by atoms with van der Waals surface area (Å²) in [6.45, 7) is 12.0. The van der Waals surface area contributed by atoms with Crippen molar-refractivity contribution >= 4 is 27.5 Å². The van der Waals surface area contributed by atoms with E-state index in [-0.39, 0.29) is 17.0 Å². The van der Waals surface area contributed by atoms with Crippen LogP contribution in [0.5, 0.6) is 0 Å². The van der Waals surface area contributed by atoms with E-state index >= 15 is 0 Å². The van der Waals surface area contributed by atoms with Gasteiger partial charge in [-0.1, -0.05) is 72.8 Å². The molecule has 4 rings (SSSR count). The molecular formula is C35H44N2O3. The van der Waals surface area contributed by atoms with E-state index in [9.17, 15) is 15.0 Å². The van der Waals surface area contributed by atoms with E-state index in [0.717, 1.165) is 38.2 Å². The summed E-state index contributed by atoms with van der Waals surface area (Å²) < 4.78 is 0. The smallest absolute Gasteiger partial charge is 0.252 e. The second-order valence-electron chi connectivity index (χ2n) is 12.9. The Morgan fingerprint density at radius 1 is 0.700 bits per heavy atom. The van der Waals surface area contributed by atoms with Crippen LogP contribution < -0.4 is 10.6 Å². The van der Waals surface area contributed by atoms with E-state index < -0.39 is 12.3 Å². The van der Waals surface area contributed by atoms with Gasteiger partial charge in [-0.05, 0) is 99.9 Å². The van der Waals surface area contributed by atoms with Gasteiger partial charge in [-0.15, -0.1) is 0 Å². The Balaban J connectivity index is 1.53. The first-order valence-corrected chi connectivity index (χ1v) is 14.3. The maximum Gasteiger partial charge on any atom is 0.252 e. The number of aliphatic hydroxyl groups excluding tert-OH is 2. The van der Waals surface area contributed by atoms with Crippen LogP contribution in [0.1, 0.15) is 87.7 Å². The van der Waals surface area contributed by atoms with Crippen molar-refractivity contribution in [2.75, 3.05) is 0 Å². The molecule has 212 valence electrons. The van der Waals surface area contributed by atoms with E-state index in [1.807, 2.05) is 90.1 Å². The number of benzene rings is 4. The van der Waals surface area contributed by atoms with Crippen molar-refractivity contribution in [2.45, 2.75) is 90.6 Å². The molecule has 40 heavy (non-hydrogen) atoms. The second-order valence-corrected chi connectivity index (χ2v) is 12.9. The molecule has 0 fully saturated rings. The van der Waals surface area contributed by atoms with Crippen molar-refractivity contribution in [1.82, 2.24) is 10.6 Å². The minimum Gasteiger partial charge on any atom is -0.393 e. The molecule has 0 heterocycles. The molecule has 5 nitrogen and oxygen atoms in total. The summed E-state index contributed by atoms with van der Waals surface area (Å²) in [6.07, 6.45) is 0.971. The molecule has 2 atom stereocenters. The van der Waals surface area contributed by atoms with Gasteiger partial charge in [0.1, 0.15) is 6.23 Å². The molecule has 0 saturated carbocycles. The normalized spacial score (nSPS) is 13.9. The summed E-state index contributed by atoms with van der Waals surface area (Å²) >= 11 is 0. The molecule has 0 radical (unpaired) electrons. The van der Waals surface area contributed by atoms with E-state index in [4.69, 9.17) is 0 Å². The predicted molar refractivity (Wildman–Crippen MR) is 166 cm³/mol. The van der Waals surface area contributed by atoms with Crippen LogP contribution >= 0.6 is 0 Å². The number of hydrogen-bond acceptors (Lipinski definition) is 4. The third-order valence-electron chi connectivity index (χ3n) is 7.13. The molecule has 4 N–H and O–H groups in total. The van der Waals surface area contributed by atoms with Crippen LogP contribution in [0.25, 0.3) is 21.5 Å². The molecule has 0 aliphatic rings. The molecule has 1 amide bonds. The zero-order valence-corrected chi connectivity index (χ0v) is 24.7. The minimum absolute atomic E-state index is 0.0880. The highest BCUT2D eigenvalue weighted by Gasteiger charge is 2.23. The topological polar surface area (TPSA) is 81.6 Å². The Bertz CT molecular complexity index is 1480. The zero-order chi connectivity index (χ0) is 29.1. The Morgan fingerprint density at radius 2 is 1.23 bits per heavy atom. The van der Waals surface area contributed by atoms with E-state index in [1.165, 1.54) is 0 Å². The zero-order valence-electron chi connectivity index (χ0n) is 24.7. The van der Waals surface area contributed by atoms with Crippen molar-refractivity contribution in [3.8, 4) is 0 Å². The van der Waals surface area contributed by atoms with E-state index in [0.29, 0.717) is 31.2 Å². The van der Waals surface area contributed by atoms with Gasteiger partial charge < -0.3 is 15.5 Å². The first-order valence-electron chi connectivity index (χ1n) is 14.3. The lowest BCUT2D eigenvalue weighted by Gasteiger charge is -2.28. The maximum absolute atomic E-state index is 13.4. The molecule has 0 spiro atoms. The van der Waals surface area contributed by atoms with Gasteiger partial charge in [-0.25, -0.2) is 0 Å². The van der Waals surface area contributed by atoms with Crippen molar-refractivity contribution in [3.63, 3.8) is 0 Å². The van der Waals surface area contributed by atoms with Crippen molar-refractivity contribution in [2.24, 2.45) is 0 Å². The molecule has 0 aliphatic heterocycles. The standard InChI is InChI=1S/C35H44N2O3/c1-34(2,3)36-32(39)30-25(17-15-23-11-7-9-13-28(23)30)19-21-27(38)22-20-26-18-16-24-12-8-10-14-29(24)31(26)33(40)37-35(4,5)6/h7-18,27,32,36,38-39H,19-22H2,1-6H3,(H,37,40). The third kappa shape index (κ3) is 7.48. The van der Waals surface area contributed by atoms with Gasteiger partial charge in [0.25, 0.3) is 5.91 Å². The van der Waals surface area contributed by atoms with Gasteiger partial charge in [0.15, 0.2) is 0 Å². The van der Waals surface area contributed by atoms with Gasteiger partial charge >= 0.3 is 0 Å². The summed E-state index contributed by atoms with van der Waals surface area (Å²) in [4.78, 5) is 13.4. The Labute approximate surface area is 238 Å². The average molecular weight is 541 g/mol. The SMILES string of the molecule is CC(C)(C)NC(=O)c1c(CCC(O)CCc2ccc3ccccc3c2C(O)NC(C)(C)C)ccc2ccccc12. The highest BCUT2D eigenvalue weighted by atomic mass is 16.3. The van der Waals surface area contributed by atoms with E-state index in [1.54, 1.807) is 0 Å². The summed E-state index contributed by atoms with van der Waals surface area (Å²) in [5.41, 5.74) is 2.91. The minimum atomic E-state index is -0.820. The number of fused-ring (bicyclic) bond motifs is 2. The highest BCUT2D eigenvalue weighted by molar-refractivity contribution is 6.08. The number of rotatable bonds is 9. The molecule has 4 aromatic carbocycles. The number of carbonyl (C=O) groups is 1. The maximum atomic E-state index is 13.4. The van der Waals surface area contributed by atoms with Crippen molar-refractivity contribution in [3.05, 3.63) is 95.1 Å². The van der Waals surface area contributed by atoms with Gasteiger partial charge in [0.2, 0.25) is 0 Å². The lowest BCUT2D eigenvalue weighted by atomic mass is 9.91. The van der Waals surface area contributed by atoms with Gasteiger partial charge in [-0.3, -0.25) is 10.1 Å². The van der Waals surface area contributed by atoms with Crippen LogP contribution in [-0.2, 0) is 12.8 Å². The molecular weight excluding hydrogens is 496 g/mol. The summed E-state index contributed by atoms with van der Waals surface area (Å²) in [6, 6.07) is 24.3. The average Bonchev–Trinajstić information content (AvgIpc) is 2.87. The largest absolute Gasteiger partial charge is 0.393 e. The fourth-order valence-corrected chi connectivity index (χ4v) is 5.35. The number of carbonyl (C=O) groups excluding carboxylic acids is 1. The van der Waals surface area contributed by atoms with Crippen LogP contribution in [0, 0.1) is 0 Å². The summed E-state index contributed by atoms with van der Waals surface area (Å²) in [5, 5.41) is 32.7. The van der Waals surface area contributed by atoms with Crippen LogP contribution in [0.3, 0.4) is 0 Å². The first kappa shape index (κ1) is 29.7. The van der Waals surface area contributed by atoms with Crippen LogP contribution in [0.15, 0.2) is 72.8 Å². The fraction of sp³-hybridized carbons (Fsp3) is 0.400. The molecule has 0 aromatic heterocycles. The highest BCUT2D eigenvalue weighted by Crippen LogP contribution is 2.30. The number of amides is 1. The van der Waals surface area contributed by atoms with Crippen LogP contribution in [0.2, 0.25) is 0 Å². The number of aryl methyl sites for hydroxylation is 2. The van der Waals surface area contributed by atoms with Crippen LogP contribution in [0.4, 0.5) is 0 Å². The predicted octanol–water partition coefficient (Wildman–Crippen LogP) is 6.83. The van der Waals surface area contributed by atoms with E-state index in [2.05, 4.69) is 34.9 Å². The van der Waals surface area contributed by atoms with Gasteiger partial charge in [0.05, 0.1) is 11.7 Å².